The number of anilines is 1. The molecule has 33 heavy (non-hydrogen) atoms. The number of carbonyl (C=O) groups excluding carboxylic acids is 1. The van der Waals surface area contributed by atoms with Gasteiger partial charge in [0, 0.05) is 11.8 Å². The lowest BCUT2D eigenvalue weighted by atomic mass is 10.2. The standard InChI is InChI=1S/C21H17ClFN5O4S/c1-31-16-6-3-11(7-17(16)32-2)25-18(29)10-33-21-26-19-13(9-24-27-19)20(30)28(21)12-4-5-15(23)14(22)8-12/h3-9H,10H2,1-2H3,(H,24,27)(H,25,29). The zero-order valence-corrected chi connectivity index (χ0v) is 19.0. The first-order valence-electron chi connectivity index (χ1n) is 9.47. The SMILES string of the molecule is COc1ccc(NC(=O)CSc2nc3[nH]ncc3c(=O)n2-c2ccc(F)c(Cl)c2)cc1OC. The van der Waals surface area contributed by atoms with Crippen LogP contribution in [0.3, 0.4) is 0 Å². The molecule has 2 aromatic heterocycles. The zero-order valence-electron chi connectivity index (χ0n) is 17.4. The number of aromatic nitrogens is 4. The predicted octanol–water partition coefficient (Wildman–Crippen LogP) is 3.65. The lowest BCUT2D eigenvalue weighted by Crippen LogP contribution is -2.22. The third-order valence-electron chi connectivity index (χ3n) is 4.61. The zero-order chi connectivity index (χ0) is 23.5. The van der Waals surface area contributed by atoms with Gasteiger partial charge in [0.05, 0.1) is 36.9 Å². The quantitative estimate of drug-likeness (QED) is 0.301. The number of fused-ring (bicyclic) bond motifs is 1. The molecule has 4 rings (SSSR count). The number of aromatic amines is 1. The van der Waals surface area contributed by atoms with Gasteiger partial charge in [0.15, 0.2) is 22.3 Å². The number of rotatable bonds is 7. The van der Waals surface area contributed by atoms with Gasteiger partial charge in [-0.2, -0.15) is 5.10 Å². The van der Waals surface area contributed by atoms with E-state index in [1.54, 1.807) is 18.2 Å². The molecule has 0 spiro atoms. The van der Waals surface area contributed by atoms with E-state index in [2.05, 4.69) is 20.5 Å². The van der Waals surface area contributed by atoms with Crippen LogP contribution >= 0.6 is 23.4 Å². The molecule has 0 saturated heterocycles. The molecule has 4 aromatic rings. The van der Waals surface area contributed by atoms with Crippen LogP contribution in [0.1, 0.15) is 0 Å². The topological polar surface area (TPSA) is 111 Å². The molecule has 0 aliphatic carbocycles. The largest absolute Gasteiger partial charge is 0.493 e. The summed E-state index contributed by atoms with van der Waals surface area (Å²) >= 11 is 6.94. The van der Waals surface area contributed by atoms with Gasteiger partial charge in [-0.1, -0.05) is 23.4 Å². The minimum absolute atomic E-state index is 0.0602. The number of benzene rings is 2. The molecule has 12 heteroatoms. The Balaban J connectivity index is 1.61. The van der Waals surface area contributed by atoms with Crippen molar-refractivity contribution in [2.75, 3.05) is 25.3 Å². The number of nitrogens with zero attached hydrogens (tertiary/aromatic N) is 3. The van der Waals surface area contributed by atoms with Crippen LogP contribution < -0.4 is 20.3 Å². The Morgan fingerprint density at radius 3 is 2.73 bits per heavy atom. The first kappa shape index (κ1) is 22.6. The monoisotopic (exact) mass is 489 g/mol. The van der Waals surface area contributed by atoms with Crippen molar-refractivity contribution in [1.29, 1.82) is 0 Å². The lowest BCUT2D eigenvalue weighted by molar-refractivity contribution is -0.113. The summed E-state index contributed by atoms with van der Waals surface area (Å²) < 4.78 is 25.3. The summed E-state index contributed by atoms with van der Waals surface area (Å²) in [7, 11) is 3.02. The summed E-state index contributed by atoms with van der Waals surface area (Å²) in [6.45, 7) is 0. The second kappa shape index (κ2) is 9.51. The number of H-pyrrole nitrogens is 1. The highest BCUT2D eigenvalue weighted by Gasteiger charge is 2.17. The van der Waals surface area contributed by atoms with Crippen molar-refractivity contribution < 1.29 is 18.7 Å². The van der Waals surface area contributed by atoms with Crippen LogP contribution in [0.25, 0.3) is 16.7 Å². The van der Waals surface area contributed by atoms with Crippen LogP contribution in [0.15, 0.2) is 52.5 Å². The Hall–Kier alpha value is -3.57. The minimum atomic E-state index is -0.616. The fourth-order valence-electron chi connectivity index (χ4n) is 3.06. The molecule has 170 valence electrons. The van der Waals surface area contributed by atoms with Gasteiger partial charge in [-0.15, -0.1) is 0 Å². The molecule has 0 fully saturated rings. The summed E-state index contributed by atoms with van der Waals surface area (Å²) in [4.78, 5) is 30.0. The van der Waals surface area contributed by atoms with Crippen molar-refractivity contribution in [3.05, 3.63) is 63.8 Å². The number of nitrogens with one attached hydrogen (secondary N) is 2. The second-order valence-corrected chi connectivity index (χ2v) is 8.02. The van der Waals surface area contributed by atoms with E-state index in [-0.39, 0.29) is 32.9 Å². The van der Waals surface area contributed by atoms with Crippen LogP contribution in [0.2, 0.25) is 5.02 Å². The van der Waals surface area contributed by atoms with Gasteiger partial charge in [0.25, 0.3) is 5.56 Å². The summed E-state index contributed by atoms with van der Waals surface area (Å²) in [5.41, 5.74) is 0.661. The normalized spacial score (nSPS) is 10.9. The second-order valence-electron chi connectivity index (χ2n) is 6.67. The van der Waals surface area contributed by atoms with E-state index >= 15 is 0 Å². The highest BCUT2D eigenvalue weighted by Crippen LogP contribution is 2.30. The first-order chi connectivity index (χ1) is 15.9. The Labute approximate surface area is 195 Å². The van der Waals surface area contributed by atoms with E-state index < -0.39 is 11.4 Å². The molecule has 0 saturated carbocycles. The molecule has 0 aliphatic rings. The number of halogens is 2. The minimum Gasteiger partial charge on any atom is -0.493 e. The first-order valence-corrected chi connectivity index (χ1v) is 10.8. The molecule has 2 heterocycles. The number of hydrogen-bond acceptors (Lipinski definition) is 7. The Morgan fingerprint density at radius 2 is 2.00 bits per heavy atom. The van der Waals surface area contributed by atoms with Crippen molar-refractivity contribution in [1.82, 2.24) is 19.7 Å². The number of thioether (sulfide) groups is 1. The van der Waals surface area contributed by atoms with Crippen LogP contribution in [0.4, 0.5) is 10.1 Å². The molecule has 9 nitrogen and oxygen atoms in total. The molecule has 0 radical (unpaired) electrons. The number of hydrogen-bond donors (Lipinski definition) is 2. The van der Waals surface area contributed by atoms with Gasteiger partial charge in [-0.25, -0.2) is 9.37 Å². The molecular weight excluding hydrogens is 473 g/mol. The van der Waals surface area contributed by atoms with E-state index in [0.717, 1.165) is 17.8 Å². The van der Waals surface area contributed by atoms with Crippen LogP contribution in [-0.4, -0.2) is 45.6 Å². The van der Waals surface area contributed by atoms with Crippen LogP contribution in [0, 0.1) is 5.82 Å². The smallest absolute Gasteiger partial charge is 0.269 e. The molecule has 0 aliphatic heterocycles. The van der Waals surface area contributed by atoms with E-state index in [0.29, 0.717) is 22.9 Å². The van der Waals surface area contributed by atoms with Gasteiger partial charge in [-0.05, 0) is 30.3 Å². The third kappa shape index (κ3) is 4.64. The molecule has 1 amide bonds. The van der Waals surface area contributed by atoms with E-state index in [1.165, 1.54) is 37.1 Å². The Bertz CT molecular complexity index is 1410. The maximum Gasteiger partial charge on any atom is 0.269 e. The van der Waals surface area contributed by atoms with Gasteiger partial charge >= 0.3 is 0 Å². The van der Waals surface area contributed by atoms with Crippen LogP contribution in [0.5, 0.6) is 11.5 Å². The summed E-state index contributed by atoms with van der Waals surface area (Å²) in [6, 6.07) is 8.86. The van der Waals surface area contributed by atoms with Gasteiger partial charge < -0.3 is 14.8 Å². The van der Waals surface area contributed by atoms with E-state index in [4.69, 9.17) is 21.1 Å². The molecule has 0 unspecified atom stereocenters. The Morgan fingerprint density at radius 1 is 1.21 bits per heavy atom. The Kier molecular flexibility index (Phi) is 6.52. The van der Waals surface area contributed by atoms with Gasteiger partial charge in [-0.3, -0.25) is 19.3 Å². The van der Waals surface area contributed by atoms with Gasteiger partial charge in [0.1, 0.15) is 11.2 Å². The summed E-state index contributed by atoms with van der Waals surface area (Å²) in [6.07, 6.45) is 1.35. The number of carbonyl (C=O) groups is 1. The summed E-state index contributed by atoms with van der Waals surface area (Å²) in [5.74, 6) is -0.0144. The molecule has 0 bridgehead atoms. The third-order valence-corrected chi connectivity index (χ3v) is 5.84. The highest BCUT2D eigenvalue weighted by atomic mass is 35.5. The van der Waals surface area contributed by atoms with Crippen molar-refractivity contribution in [2.24, 2.45) is 0 Å². The van der Waals surface area contributed by atoms with Crippen LogP contribution in [-0.2, 0) is 4.79 Å². The number of amides is 1. The van der Waals surface area contributed by atoms with Crippen molar-refractivity contribution >= 4 is 46.0 Å². The highest BCUT2D eigenvalue weighted by molar-refractivity contribution is 7.99. The number of methoxy groups -OCH3 is 2. The molecular formula is C21H17ClFN5O4S. The predicted molar refractivity (Wildman–Crippen MR) is 123 cm³/mol. The number of ether oxygens (including phenoxy) is 2. The fourth-order valence-corrected chi connectivity index (χ4v) is 4.04. The van der Waals surface area contributed by atoms with E-state index in [1.807, 2.05) is 0 Å². The van der Waals surface area contributed by atoms with Crippen molar-refractivity contribution in [3.8, 4) is 17.2 Å². The molecule has 0 atom stereocenters. The van der Waals surface area contributed by atoms with Crippen molar-refractivity contribution in [2.45, 2.75) is 5.16 Å². The average Bonchev–Trinajstić information content (AvgIpc) is 3.28. The maximum atomic E-state index is 13.7. The molecule has 2 N–H and O–H groups in total. The maximum absolute atomic E-state index is 13.7. The average molecular weight is 490 g/mol. The van der Waals surface area contributed by atoms with Crippen molar-refractivity contribution in [3.63, 3.8) is 0 Å². The fraction of sp³-hybridized carbons (Fsp3) is 0.143. The summed E-state index contributed by atoms with van der Waals surface area (Å²) in [5, 5.41) is 9.57. The molecule has 2 aromatic carbocycles. The van der Waals surface area contributed by atoms with Gasteiger partial charge in [0.2, 0.25) is 5.91 Å². The van der Waals surface area contributed by atoms with E-state index in [9.17, 15) is 14.0 Å². The lowest BCUT2D eigenvalue weighted by Gasteiger charge is -2.13.